The molecule has 1 heterocycles. The average Bonchev–Trinajstić information content (AvgIpc) is 2.89. The molecule has 0 unspecified atom stereocenters. The molecule has 1 aromatic heterocycles. The molecule has 2 aromatic rings. The number of aromatic nitrogens is 2. The molecule has 4 nitrogen and oxygen atoms in total. The van der Waals surface area contributed by atoms with Crippen molar-refractivity contribution in [1.29, 1.82) is 0 Å². The molecule has 0 saturated carbocycles. The summed E-state index contributed by atoms with van der Waals surface area (Å²) >= 11 is 0.125. The van der Waals surface area contributed by atoms with E-state index in [9.17, 15) is 4.79 Å². The number of rotatable bonds is 1. The molecular formula is C15H18N2O2Zn-2. The normalized spacial score (nSPS) is 9.70. The quantitative estimate of drug-likeness (QED) is 0.599. The van der Waals surface area contributed by atoms with E-state index in [2.05, 4.69) is 11.3 Å². The topological polar surface area (TPSA) is 52.0 Å². The second-order valence-electron chi connectivity index (χ2n) is 5.01. The van der Waals surface area contributed by atoms with Gasteiger partial charge < -0.3 is 9.48 Å². The molecule has 0 fully saturated rings. The third kappa shape index (κ3) is 7.85. The van der Waals surface area contributed by atoms with Crippen LogP contribution in [0, 0.1) is 18.5 Å². The molecule has 1 aromatic carbocycles. The monoisotopic (exact) mass is 322 g/mol. The Morgan fingerprint density at radius 1 is 1.20 bits per heavy atom. The van der Waals surface area contributed by atoms with Crippen molar-refractivity contribution in [3.63, 3.8) is 0 Å². The summed E-state index contributed by atoms with van der Waals surface area (Å²) < 4.78 is 10.1. The first-order valence-corrected chi connectivity index (χ1v) is 7.31. The minimum absolute atomic E-state index is 0.125. The fourth-order valence-electron chi connectivity index (χ4n) is 1.07. The Labute approximate surface area is 130 Å². The van der Waals surface area contributed by atoms with Gasteiger partial charge in [0.2, 0.25) is 0 Å². The van der Waals surface area contributed by atoms with Gasteiger partial charge in [-0.25, -0.2) is 0 Å². The van der Waals surface area contributed by atoms with E-state index in [4.69, 9.17) is 3.57 Å². The number of aryl methyl sites for hydroxylation is 1. The Kier molecular flexibility index (Phi) is 8.73. The van der Waals surface area contributed by atoms with Crippen molar-refractivity contribution < 1.29 is 26.6 Å². The van der Waals surface area contributed by atoms with Crippen molar-refractivity contribution in [3.8, 4) is 5.69 Å². The van der Waals surface area contributed by atoms with Crippen molar-refractivity contribution in [2.75, 3.05) is 0 Å². The van der Waals surface area contributed by atoms with Gasteiger partial charge in [0.1, 0.15) is 0 Å². The third-order valence-electron chi connectivity index (χ3n) is 1.96. The van der Waals surface area contributed by atoms with Crippen LogP contribution >= 0.6 is 0 Å². The van der Waals surface area contributed by atoms with E-state index in [0.29, 0.717) is 0 Å². The van der Waals surface area contributed by atoms with Gasteiger partial charge in [0, 0.05) is 0 Å². The third-order valence-corrected chi connectivity index (χ3v) is 1.96. The molecule has 0 saturated heterocycles. The van der Waals surface area contributed by atoms with Crippen molar-refractivity contribution in [2.45, 2.75) is 27.7 Å². The van der Waals surface area contributed by atoms with Crippen LogP contribution in [0.1, 0.15) is 26.5 Å². The molecule has 2 rings (SSSR count). The molecule has 0 aliphatic rings. The summed E-state index contributed by atoms with van der Waals surface area (Å²) in [5, 5.41) is 4.24. The summed E-state index contributed by atoms with van der Waals surface area (Å²) in [4.78, 5) is 9.70. The molecule has 0 bridgehead atoms. The van der Waals surface area contributed by atoms with Crippen LogP contribution in [0.15, 0.2) is 36.4 Å². The molecule has 104 valence electrons. The maximum atomic E-state index is 9.70. The fourth-order valence-corrected chi connectivity index (χ4v) is 1.07. The first kappa shape index (κ1) is 18.5. The summed E-state index contributed by atoms with van der Waals surface area (Å²) in [7, 11) is 0. The number of para-hydroxylation sites is 1. The SMILES string of the molecule is CC(C)(C)[C-]=O.Cc1c[c-]n(-c2ccccc2)n1.[O]=[Zn]. The van der Waals surface area contributed by atoms with E-state index in [1.54, 1.807) is 4.68 Å². The summed E-state index contributed by atoms with van der Waals surface area (Å²) in [6, 6.07) is 11.8. The summed E-state index contributed by atoms with van der Waals surface area (Å²) in [6.07, 6.45) is 4.88. The average molecular weight is 324 g/mol. The zero-order chi connectivity index (χ0) is 15.6. The number of benzene rings is 1. The predicted molar refractivity (Wildman–Crippen MR) is 73.0 cm³/mol. The van der Waals surface area contributed by atoms with Gasteiger partial charge in [0.25, 0.3) is 0 Å². The van der Waals surface area contributed by atoms with Gasteiger partial charge in [-0.3, -0.25) is 11.4 Å². The molecule has 5 heteroatoms. The molecular weight excluding hydrogens is 306 g/mol. The fraction of sp³-hybridized carbons (Fsp3) is 0.333. The van der Waals surface area contributed by atoms with Crippen LogP contribution in [0.3, 0.4) is 0 Å². The van der Waals surface area contributed by atoms with E-state index in [-0.39, 0.29) is 23.7 Å². The number of nitrogens with zero attached hydrogens (tertiary/aromatic N) is 2. The van der Waals surface area contributed by atoms with Crippen LogP contribution in [0.2, 0.25) is 0 Å². The van der Waals surface area contributed by atoms with E-state index in [0.717, 1.165) is 11.4 Å². The van der Waals surface area contributed by atoms with Crippen LogP contribution in [0.25, 0.3) is 5.69 Å². The van der Waals surface area contributed by atoms with Crippen LogP contribution in [-0.2, 0) is 26.6 Å². The Hall–Kier alpha value is -1.48. The van der Waals surface area contributed by atoms with E-state index in [1.165, 1.54) is 0 Å². The van der Waals surface area contributed by atoms with Gasteiger partial charge in [-0.15, -0.1) is 11.5 Å². The summed E-state index contributed by atoms with van der Waals surface area (Å²) in [6.45, 7) is 7.41. The zero-order valence-electron chi connectivity index (χ0n) is 12.4. The predicted octanol–water partition coefficient (Wildman–Crippen LogP) is 3.00. The maximum absolute atomic E-state index is 9.70. The van der Waals surface area contributed by atoms with Crippen LogP contribution in [0.5, 0.6) is 0 Å². The van der Waals surface area contributed by atoms with E-state index in [1.807, 2.05) is 70.4 Å². The van der Waals surface area contributed by atoms with E-state index >= 15 is 0 Å². The second-order valence-corrected chi connectivity index (χ2v) is 5.01. The van der Waals surface area contributed by atoms with Crippen LogP contribution in [0.4, 0.5) is 0 Å². The minimum atomic E-state index is -0.264. The molecule has 0 aliphatic carbocycles. The van der Waals surface area contributed by atoms with Gasteiger partial charge >= 0.3 is 21.8 Å². The molecule has 0 radical (unpaired) electrons. The molecule has 0 amide bonds. The Morgan fingerprint density at radius 3 is 2.05 bits per heavy atom. The van der Waals surface area contributed by atoms with Crippen molar-refractivity contribution in [2.24, 2.45) is 5.41 Å². The summed E-state index contributed by atoms with van der Waals surface area (Å²) in [5.41, 5.74) is 1.77. The number of hydrogen-bond acceptors (Lipinski definition) is 3. The number of hydrogen-bond donors (Lipinski definition) is 0. The van der Waals surface area contributed by atoms with Crippen molar-refractivity contribution in [3.05, 3.63) is 48.3 Å². The Bertz CT molecular complexity index is 504. The van der Waals surface area contributed by atoms with Crippen LogP contribution in [-0.4, -0.2) is 16.1 Å². The van der Waals surface area contributed by atoms with Gasteiger partial charge in [-0.05, 0) is 11.4 Å². The van der Waals surface area contributed by atoms with Gasteiger partial charge in [-0.1, -0.05) is 64.2 Å². The summed E-state index contributed by atoms with van der Waals surface area (Å²) in [5.74, 6) is 0. The van der Waals surface area contributed by atoms with E-state index < -0.39 is 0 Å². The second kappa shape index (κ2) is 9.43. The molecule has 0 atom stereocenters. The zero-order valence-corrected chi connectivity index (χ0v) is 15.3. The Balaban J connectivity index is 0.000000387. The molecule has 0 N–H and O–H groups in total. The van der Waals surface area contributed by atoms with Crippen molar-refractivity contribution >= 4 is 6.29 Å². The molecule has 0 spiro atoms. The molecule has 0 aliphatic heterocycles. The van der Waals surface area contributed by atoms with Crippen LogP contribution < -0.4 is 0 Å². The molecule has 20 heavy (non-hydrogen) atoms. The van der Waals surface area contributed by atoms with Gasteiger partial charge in [0.15, 0.2) is 0 Å². The van der Waals surface area contributed by atoms with Gasteiger partial charge in [-0.2, -0.15) is 0 Å². The first-order valence-electron chi connectivity index (χ1n) is 6.10. The standard InChI is InChI=1S/C10H9N2.C5H9O.O.Zn/c1-9-7-8-12(11-9)10-5-3-2-4-6-10;1-5(2,3)4-6;;/h2-7H,1H3;1-3H3;;/q2*-1;;. The first-order chi connectivity index (χ1) is 9.42. The Morgan fingerprint density at radius 2 is 1.70 bits per heavy atom. The van der Waals surface area contributed by atoms with Crippen molar-refractivity contribution in [1.82, 2.24) is 9.78 Å². The van der Waals surface area contributed by atoms with Gasteiger partial charge in [0.05, 0.1) is 0 Å². The number of carbonyl (C=O) groups excluding carboxylic acids is 1.